The zero-order valence-electron chi connectivity index (χ0n) is 12.0. The maximum absolute atomic E-state index is 12.0. The highest BCUT2D eigenvalue weighted by Gasteiger charge is 2.55. The molecule has 1 aromatic heterocycles. The molecule has 2 fully saturated rings. The molecule has 2 aliphatic rings. The Labute approximate surface area is 118 Å². The van der Waals surface area contributed by atoms with Crippen molar-refractivity contribution in [2.24, 2.45) is 37.6 Å². The zero-order valence-corrected chi connectivity index (χ0v) is 12.0. The van der Waals surface area contributed by atoms with Crippen molar-refractivity contribution in [3.8, 4) is 0 Å². The number of hydrogen-bond donors (Lipinski definition) is 1. The van der Waals surface area contributed by atoms with Crippen LogP contribution < -0.4 is 11.4 Å². The number of rotatable bonds is 2. The van der Waals surface area contributed by atoms with E-state index >= 15 is 0 Å². The highest BCUT2D eigenvalue weighted by atomic mass is 16.1. The number of hydrogen-bond acceptors (Lipinski definition) is 2. The molecule has 0 spiro atoms. The smallest absolute Gasteiger partial charge is 0.324 e. The molecule has 0 radical (unpaired) electrons. The van der Waals surface area contributed by atoms with Crippen LogP contribution in [0.1, 0.15) is 30.9 Å². The quantitative estimate of drug-likeness (QED) is 0.907. The molecule has 2 aromatic rings. The van der Waals surface area contributed by atoms with Gasteiger partial charge >= 0.3 is 5.69 Å². The van der Waals surface area contributed by atoms with Gasteiger partial charge in [0.05, 0.1) is 11.0 Å². The number of aryl methyl sites for hydroxylation is 2. The number of benzene rings is 1. The van der Waals surface area contributed by atoms with Gasteiger partial charge in [-0.15, -0.1) is 0 Å². The normalized spacial score (nSPS) is 29.6. The summed E-state index contributed by atoms with van der Waals surface area (Å²) in [7, 11) is 3.64. The van der Waals surface area contributed by atoms with Gasteiger partial charge in [0.15, 0.2) is 0 Å². The highest BCUT2D eigenvalue weighted by Crippen LogP contribution is 2.61. The lowest BCUT2D eigenvalue weighted by molar-refractivity contribution is 0.502. The van der Waals surface area contributed by atoms with E-state index in [2.05, 4.69) is 12.1 Å². The van der Waals surface area contributed by atoms with Crippen LogP contribution in [0.5, 0.6) is 0 Å². The minimum atomic E-state index is 0.0222. The first-order valence-electron chi connectivity index (χ1n) is 7.50. The molecular formula is C16H21N3O. The summed E-state index contributed by atoms with van der Waals surface area (Å²) in [6, 6.07) is 6.37. The molecule has 4 rings (SSSR count). The lowest BCUT2D eigenvalue weighted by Crippen LogP contribution is -2.19. The van der Waals surface area contributed by atoms with Crippen LogP contribution in [0, 0.1) is 17.8 Å². The van der Waals surface area contributed by atoms with E-state index in [1.165, 1.54) is 24.8 Å². The fraction of sp³-hybridized carbons (Fsp3) is 0.562. The maximum Gasteiger partial charge on any atom is 0.328 e. The van der Waals surface area contributed by atoms with E-state index in [0.29, 0.717) is 5.92 Å². The van der Waals surface area contributed by atoms with Crippen LogP contribution in [0.25, 0.3) is 11.0 Å². The Bertz CT molecular complexity index is 732. The van der Waals surface area contributed by atoms with E-state index in [1.807, 2.05) is 20.2 Å². The average Bonchev–Trinajstić information content (AvgIpc) is 2.85. The fourth-order valence-corrected chi connectivity index (χ4v) is 4.36. The highest BCUT2D eigenvalue weighted by molar-refractivity contribution is 5.77. The monoisotopic (exact) mass is 271 g/mol. The number of nitrogens with zero attached hydrogens (tertiary/aromatic N) is 2. The van der Waals surface area contributed by atoms with Gasteiger partial charge in [0.1, 0.15) is 0 Å². The second kappa shape index (κ2) is 3.98. The largest absolute Gasteiger partial charge is 0.328 e. The first-order chi connectivity index (χ1) is 9.59. The molecule has 0 bridgehead atoms. The van der Waals surface area contributed by atoms with Gasteiger partial charge in [-0.05, 0) is 48.3 Å². The minimum Gasteiger partial charge on any atom is -0.324 e. The lowest BCUT2D eigenvalue weighted by Gasteiger charge is -2.14. The predicted molar refractivity (Wildman–Crippen MR) is 79.4 cm³/mol. The third kappa shape index (κ3) is 1.48. The maximum atomic E-state index is 12.0. The zero-order chi connectivity index (χ0) is 14.0. The van der Waals surface area contributed by atoms with Crippen LogP contribution in [-0.2, 0) is 14.1 Å². The minimum absolute atomic E-state index is 0.0222. The molecule has 0 saturated heterocycles. The second-order valence-electron chi connectivity index (χ2n) is 6.51. The Hall–Kier alpha value is -1.55. The summed E-state index contributed by atoms with van der Waals surface area (Å²) in [5, 5.41) is 0. The van der Waals surface area contributed by atoms with Crippen molar-refractivity contribution in [1.82, 2.24) is 9.13 Å². The van der Waals surface area contributed by atoms with E-state index in [4.69, 9.17) is 5.73 Å². The molecule has 4 heteroatoms. The van der Waals surface area contributed by atoms with E-state index in [1.54, 1.807) is 9.13 Å². The Kier molecular flexibility index (Phi) is 2.43. The molecule has 3 unspecified atom stereocenters. The van der Waals surface area contributed by atoms with Crippen molar-refractivity contribution in [3.63, 3.8) is 0 Å². The van der Waals surface area contributed by atoms with Gasteiger partial charge in [-0.3, -0.25) is 9.13 Å². The third-order valence-corrected chi connectivity index (χ3v) is 5.57. The molecule has 20 heavy (non-hydrogen) atoms. The van der Waals surface area contributed by atoms with Gasteiger partial charge in [-0.25, -0.2) is 4.79 Å². The van der Waals surface area contributed by atoms with E-state index < -0.39 is 0 Å². The van der Waals surface area contributed by atoms with Crippen LogP contribution in [0.3, 0.4) is 0 Å². The van der Waals surface area contributed by atoms with Gasteiger partial charge in [-0.2, -0.15) is 0 Å². The van der Waals surface area contributed by atoms with Crippen molar-refractivity contribution in [3.05, 3.63) is 34.2 Å². The Morgan fingerprint density at radius 2 is 1.80 bits per heavy atom. The molecule has 2 saturated carbocycles. The van der Waals surface area contributed by atoms with E-state index in [-0.39, 0.29) is 11.7 Å². The van der Waals surface area contributed by atoms with Gasteiger partial charge in [0.25, 0.3) is 0 Å². The molecule has 4 nitrogen and oxygen atoms in total. The van der Waals surface area contributed by atoms with Crippen molar-refractivity contribution in [2.75, 3.05) is 0 Å². The van der Waals surface area contributed by atoms with Crippen molar-refractivity contribution in [1.29, 1.82) is 0 Å². The van der Waals surface area contributed by atoms with Gasteiger partial charge in [0, 0.05) is 20.1 Å². The molecular weight excluding hydrogens is 250 g/mol. The Morgan fingerprint density at radius 1 is 1.15 bits per heavy atom. The summed E-state index contributed by atoms with van der Waals surface area (Å²) in [5.41, 5.74) is 9.64. The topological polar surface area (TPSA) is 53.0 Å². The standard InChI is InChI=1S/C16H21N3O/c1-18-12-7-6-9(8-13(12)19(2)16(18)20)15(17)14-10-4-3-5-11(10)14/h6-8,10-11,14-15H,3-5,17H2,1-2H3. The van der Waals surface area contributed by atoms with Crippen molar-refractivity contribution in [2.45, 2.75) is 25.3 Å². The van der Waals surface area contributed by atoms with Crippen LogP contribution in [0.4, 0.5) is 0 Å². The molecule has 2 N–H and O–H groups in total. The van der Waals surface area contributed by atoms with E-state index in [9.17, 15) is 4.79 Å². The molecule has 3 atom stereocenters. The summed E-state index contributed by atoms with van der Waals surface area (Å²) in [5.74, 6) is 2.39. The molecule has 1 aromatic carbocycles. The summed E-state index contributed by atoms with van der Waals surface area (Å²) >= 11 is 0. The van der Waals surface area contributed by atoms with E-state index in [0.717, 1.165) is 22.9 Å². The summed E-state index contributed by atoms with van der Waals surface area (Å²) in [6.07, 6.45) is 4.09. The summed E-state index contributed by atoms with van der Waals surface area (Å²) < 4.78 is 3.40. The molecule has 1 heterocycles. The first kappa shape index (κ1) is 12.2. The molecule has 2 aliphatic carbocycles. The Balaban J connectivity index is 1.74. The molecule has 0 amide bonds. The summed E-state index contributed by atoms with van der Waals surface area (Å²) in [4.78, 5) is 12.0. The van der Waals surface area contributed by atoms with Gasteiger partial charge in [-0.1, -0.05) is 12.5 Å². The fourth-order valence-electron chi connectivity index (χ4n) is 4.36. The third-order valence-electron chi connectivity index (χ3n) is 5.57. The summed E-state index contributed by atoms with van der Waals surface area (Å²) in [6.45, 7) is 0. The predicted octanol–water partition coefficient (Wildman–Crippen LogP) is 1.92. The van der Waals surface area contributed by atoms with Crippen LogP contribution in [0.15, 0.2) is 23.0 Å². The van der Waals surface area contributed by atoms with Crippen LogP contribution in [0.2, 0.25) is 0 Å². The van der Waals surface area contributed by atoms with Crippen LogP contribution in [-0.4, -0.2) is 9.13 Å². The second-order valence-corrected chi connectivity index (χ2v) is 6.51. The van der Waals surface area contributed by atoms with Crippen molar-refractivity contribution < 1.29 is 0 Å². The number of imidazole rings is 1. The number of fused-ring (bicyclic) bond motifs is 2. The Morgan fingerprint density at radius 3 is 2.50 bits per heavy atom. The van der Waals surface area contributed by atoms with Gasteiger partial charge in [0.2, 0.25) is 0 Å². The number of nitrogens with two attached hydrogens (primary N) is 1. The molecule has 106 valence electrons. The average molecular weight is 271 g/mol. The van der Waals surface area contributed by atoms with Crippen LogP contribution >= 0.6 is 0 Å². The van der Waals surface area contributed by atoms with Gasteiger partial charge < -0.3 is 5.73 Å². The number of aromatic nitrogens is 2. The molecule has 0 aliphatic heterocycles. The SMILES string of the molecule is Cn1c(=O)n(C)c2cc(C(N)C3C4CCCC43)ccc21. The first-order valence-corrected chi connectivity index (χ1v) is 7.50. The lowest BCUT2D eigenvalue weighted by atomic mass is 9.97. The van der Waals surface area contributed by atoms with Crippen molar-refractivity contribution >= 4 is 11.0 Å².